The van der Waals surface area contributed by atoms with Crippen molar-refractivity contribution in [3.63, 3.8) is 0 Å². The van der Waals surface area contributed by atoms with E-state index in [0.29, 0.717) is 5.65 Å². The fourth-order valence-corrected chi connectivity index (χ4v) is 1.65. The zero-order chi connectivity index (χ0) is 14.0. The van der Waals surface area contributed by atoms with Crippen LogP contribution in [0.1, 0.15) is 17.4 Å². The molecule has 0 fully saturated rings. The third kappa shape index (κ3) is 2.71. The first-order chi connectivity index (χ1) is 8.99. The van der Waals surface area contributed by atoms with Gasteiger partial charge in [0.15, 0.2) is 6.04 Å². The summed E-state index contributed by atoms with van der Waals surface area (Å²) in [6.07, 6.45) is 2.02. The van der Waals surface area contributed by atoms with E-state index in [9.17, 15) is 14.7 Å². The molecule has 2 atom stereocenters. The minimum atomic E-state index is -1.36. The van der Waals surface area contributed by atoms with Gasteiger partial charge in [0.2, 0.25) is 0 Å². The van der Waals surface area contributed by atoms with Crippen LogP contribution in [-0.2, 0) is 4.79 Å². The Morgan fingerprint density at radius 3 is 2.74 bits per heavy atom. The van der Waals surface area contributed by atoms with Gasteiger partial charge in [-0.05, 0) is 19.1 Å². The van der Waals surface area contributed by atoms with Gasteiger partial charge >= 0.3 is 5.97 Å². The number of amides is 1. The maximum atomic E-state index is 11.9. The number of nitrogens with one attached hydrogen (secondary N) is 1. The molecule has 3 N–H and O–H groups in total. The van der Waals surface area contributed by atoms with E-state index in [0.717, 1.165) is 0 Å². The van der Waals surface area contributed by atoms with Gasteiger partial charge in [-0.15, -0.1) is 0 Å². The van der Waals surface area contributed by atoms with Crippen LogP contribution in [-0.4, -0.2) is 43.6 Å². The Labute approximate surface area is 108 Å². The van der Waals surface area contributed by atoms with Gasteiger partial charge in [0.25, 0.3) is 5.91 Å². The summed E-state index contributed by atoms with van der Waals surface area (Å²) in [4.78, 5) is 26.8. The molecule has 0 aliphatic heterocycles. The molecule has 7 heteroatoms. The number of hydrogen-bond acceptors (Lipinski definition) is 4. The van der Waals surface area contributed by atoms with Crippen LogP contribution in [0.4, 0.5) is 0 Å². The van der Waals surface area contributed by atoms with Gasteiger partial charge in [-0.1, -0.05) is 6.07 Å². The molecule has 0 bridgehead atoms. The van der Waals surface area contributed by atoms with E-state index in [4.69, 9.17) is 5.11 Å². The number of carbonyl (C=O) groups excluding carboxylic acids is 1. The zero-order valence-electron chi connectivity index (χ0n) is 10.1. The first kappa shape index (κ1) is 13.0. The SMILES string of the molecule is C[C@@H](O)[C@H](NC(=O)c1cn2ccccc2n1)C(=O)O. The van der Waals surface area contributed by atoms with Crippen molar-refractivity contribution in [2.45, 2.75) is 19.1 Å². The number of carboxylic acid groups (broad SMARTS) is 1. The fourth-order valence-electron chi connectivity index (χ4n) is 1.65. The average Bonchev–Trinajstić information content (AvgIpc) is 2.78. The van der Waals surface area contributed by atoms with Crippen molar-refractivity contribution in [1.29, 1.82) is 0 Å². The molecule has 2 heterocycles. The van der Waals surface area contributed by atoms with Crippen LogP contribution in [0.25, 0.3) is 5.65 Å². The molecular weight excluding hydrogens is 250 g/mol. The molecule has 2 aromatic rings. The monoisotopic (exact) mass is 263 g/mol. The second-order valence-corrected chi connectivity index (χ2v) is 4.12. The van der Waals surface area contributed by atoms with Crippen LogP contribution in [0, 0.1) is 0 Å². The van der Waals surface area contributed by atoms with Crippen LogP contribution < -0.4 is 5.32 Å². The average molecular weight is 263 g/mol. The normalized spacial score (nSPS) is 14.0. The van der Waals surface area contributed by atoms with Gasteiger partial charge in [0, 0.05) is 12.4 Å². The van der Waals surface area contributed by atoms with Gasteiger partial charge in [-0.3, -0.25) is 4.79 Å². The Balaban J connectivity index is 2.21. The van der Waals surface area contributed by atoms with Crippen molar-refractivity contribution in [2.24, 2.45) is 0 Å². The molecule has 0 spiro atoms. The second kappa shape index (κ2) is 5.07. The summed E-state index contributed by atoms with van der Waals surface area (Å²) in [6.45, 7) is 1.29. The summed E-state index contributed by atoms with van der Waals surface area (Å²) in [5.74, 6) is -1.94. The van der Waals surface area contributed by atoms with Gasteiger partial charge < -0.3 is 19.9 Å². The largest absolute Gasteiger partial charge is 0.480 e. The molecule has 0 unspecified atom stereocenters. The molecule has 19 heavy (non-hydrogen) atoms. The molecule has 2 rings (SSSR count). The Bertz CT molecular complexity index is 587. The standard InChI is InChI=1S/C12H13N3O4/c1-7(16)10(12(18)19)14-11(17)8-6-15-5-3-2-4-9(15)13-8/h2-7,10,16H,1H3,(H,14,17)(H,18,19)/t7-,10+/m1/s1. The predicted octanol–water partition coefficient (Wildman–Crippen LogP) is -0.102. The van der Waals surface area contributed by atoms with Crippen molar-refractivity contribution in [1.82, 2.24) is 14.7 Å². The van der Waals surface area contributed by atoms with Crippen molar-refractivity contribution < 1.29 is 19.8 Å². The molecule has 7 nitrogen and oxygen atoms in total. The topological polar surface area (TPSA) is 104 Å². The van der Waals surface area contributed by atoms with E-state index < -0.39 is 24.0 Å². The second-order valence-electron chi connectivity index (χ2n) is 4.12. The number of pyridine rings is 1. The number of carboxylic acids is 1. The highest BCUT2D eigenvalue weighted by molar-refractivity contribution is 5.95. The highest BCUT2D eigenvalue weighted by Crippen LogP contribution is 2.05. The quantitative estimate of drug-likeness (QED) is 0.714. The lowest BCUT2D eigenvalue weighted by molar-refractivity contribution is -0.141. The maximum Gasteiger partial charge on any atom is 0.328 e. The number of nitrogens with zero attached hydrogens (tertiary/aromatic N) is 2. The van der Waals surface area contributed by atoms with E-state index in [-0.39, 0.29) is 5.69 Å². The molecule has 0 aliphatic carbocycles. The minimum absolute atomic E-state index is 0.0955. The zero-order valence-corrected chi connectivity index (χ0v) is 10.1. The number of rotatable bonds is 4. The van der Waals surface area contributed by atoms with Gasteiger partial charge in [0.05, 0.1) is 6.10 Å². The summed E-state index contributed by atoms with van der Waals surface area (Å²) >= 11 is 0. The number of aliphatic hydroxyl groups is 1. The third-order valence-corrected chi connectivity index (χ3v) is 2.63. The van der Waals surface area contributed by atoms with Crippen molar-refractivity contribution in [3.05, 3.63) is 36.3 Å². The van der Waals surface area contributed by atoms with Gasteiger partial charge in [-0.25, -0.2) is 9.78 Å². The lowest BCUT2D eigenvalue weighted by Crippen LogP contribution is -2.47. The van der Waals surface area contributed by atoms with Crippen molar-refractivity contribution in [2.75, 3.05) is 0 Å². The number of carbonyl (C=O) groups is 2. The first-order valence-electron chi connectivity index (χ1n) is 5.64. The maximum absolute atomic E-state index is 11.9. The minimum Gasteiger partial charge on any atom is -0.480 e. The van der Waals surface area contributed by atoms with Crippen LogP contribution in [0.15, 0.2) is 30.6 Å². The Kier molecular flexibility index (Phi) is 3.48. The third-order valence-electron chi connectivity index (χ3n) is 2.63. The number of hydrogen-bond donors (Lipinski definition) is 3. The van der Waals surface area contributed by atoms with Gasteiger partial charge in [-0.2, -0.15) is 0 Å². The van der Waals surface area contributed by atoms with E-state index in [1.165, 1.54) is 13.1 Å². The number of fused-ring (bicyclic) bond motifs is 1. The number of imidazole rings is 1. The van der Waals surface area contributed by atoms with Crippen LogP contribution in [0.5, 0.6) is 0 Å². The van der Waals surface area contributed by atoms with Crippen LogP contribution in [0.2, 0.25) is 0 Å². The van der Waals surface area contributed by atoms with Crippen molar-refractivity contribution >= 4 is 17.5 Å². The first-order valence-corrected chi connectivity index (χ1v) is 5.64. The van der Waals surface area contributed by atoms with E-state index in [2.05, 4.69) is 10.3 Å². The molecule has 0 saturated carbocycles. The molecule has 0 saturated heterocycles. The van der Waals surface area contributed by atoms with Crippen LogP contribution in [0.3, 0.4) is 0 Å². The van der Waals surface area contributed by atoms with Gasteiger partial charge in [0.1, 0.15) is 11.3 Å². The Morgan fingerprint density at radius 1 is 1.42 bits per heavy atom. The summed E-state index contributed by atoms with van der Waals surface area (Å²) < 4.78 is 1.65. The predicted molar refractivity (Wildman–Crippen MR) is 65.8 cm³/mol. The molecule has 1 amide bonds. The van der Waals surface area contributed by atoms with E-state index in [1.807, 2.05) is 0 Å². The van der Waals surface area contributed by atoms with E-state index in [1.54, 1.807) is 28.8 Å². The summed E-state index contributed by atoms with van der Waals surface area (Å²) in [5, 5.41) is 20.4. The smallest absolute Gasteiger partial charge is 0.328 e. The molecule has 2 aromatic heterocycles. The summed E-state index contributed by atoms with van der Waals surface area (Å²) in [5.41, 5.74) is 0.676. The number of aliphatic carboxylic acids is 1. The number of aliphatic hydroxyl groups excluding tert-OH is 1. The Hall–Kier alpha value is -2.41. The lowest BCUT2D eigenvalue weighted by Gasteiger charge is -2.15. The molecule has 0 aliphatic rings. The van der Waals surface area contributed by atoms with Crippen LogP contribution >= 0.6 is 0 Å². The molecular formula is C12H13N3O4. The molecule has 100 valence electrons. The van der Waals surface area contributed by atoms with E-state index >= 15 is 0 Å². The fraction of sp³-hybridized carbons (Fsp3) is 0.250. The molecule has 0 aromatic carbocycles. The molecule has 0 radical (unpaired) electrons. The van der Waals surface area contributed by atoms with Crippen molar-refractivity contribution in [3.8, 4) is 0 Å². The highest BCUT2D eigenvalue weighted by atomic mass is 16.4. The Morgan fingerprint density at radius 2 is 2.16 bits per heavy atom. The summed E-state index contributed by atoms with van der Waals surface area (Å²) in [6, 6.07) is 3.92. The highest BCUT2D eigenvalue weighted by Gasteiger charge is 2.26. The summed E-state index contributed by atoms with van der Waals surface area (Å²) in [7, 11) is 0. The number of aromatic nitrogens is 2. The lowest BCUT2D eigenvalue weighted by atomic mass is 10.2.